The van der Waals surface area contributed by atoms with Gasteiger partial charge in [0.2, 0.25) is 11.0 Å². The summed E-state index contributed by atoms with van der Waals surface area (Å²) in [6.07, 6.45) is 0. The maximum atomic E-state index is 12.3. The van der Waals surface area contributed by atoms with Crippen LogP contribution in [-0.2, 0) is 9.53 Å². The molecule has 1 fully saturated rings. The average Bonchev–Trinajstić information content (AvgIpc) is 3.17. The third-order valence-corrected chi connectivity index (χ3v) is 6.29. The molecular weight excluding hydrogens is 408 g/mol. The lowest BCUT2D eigenvalue weighted by atomic mass is 10.3. The minimum atomic E-state index is 0.0304. The first-order chi connectivity index (χ1) is 13.1. The molecule has 10 heteroatoms. The van der Waals surface area contributed by atoms with Crippen molar-refractivity contribution in [3.63, 3.8) is 0 Å². The molecule has 1 aliphatic rings. The molecule has 0 saturated carbocycles. The SMILES string of the molecule is CN(CCOc1ccc(Cl)cc1)C(=O)CSc1nnc(N2CCOCC2)s1. The highest BCUT2D eigenvalue weighted by atomic mass is 35.5. The third-order valence-electron chi connectivity index (χ3n) is 3.93. The predicted octanol–water partition coefficient (Wildman–Crippen LogP) is 2.66. The van der Waals surface area contributed by atoms with Crippen LogP contribution in [0, 0.1) is 0 Å². The summed E-state index contributed by atoms with van der Waals surface area (Å²) in [6, 6.07) is 7.16. The Hall–Kier alpha value is -1.55. The molecule has 1 aromatic heterocycles. The molecule has 7 nitrogen and oxygen atoms in total. The van der Waals surface area contributed by atoms with Gasteiger partial charge in [-0.25, -0.2) is 0 Å². The van der Waals surface area contributed by atoms with Gasteiger partial charge in [-0.2, -0.15) is 0 Å². The van der Waals surface area contributed by atoms with Crippen LogP contribution >= 0.6 is 34.7 Å². The highest BCUT2D eigenvalue weighted by Gasteiger charge is 2.17. The Morgan fingerprint density at radius 3 is 2.81 bits per heavy atom. The maximum absolute atomic E-state index is 12.3. The van der Waals surface area contributed by atoms with Crippen molar-refractivity contribution in [3.8, 4) is 5.75 Å². The Bertz CT molecular complexity index is 738. The van der Waals surface area contributed by atoms with Crippen LogP contribution < -0.4 is 9.64 Å². The number of hydrogen-bond acceptors (Lipinski definition) is 8. The highest BCUT2D eigenvalue weighted by Crippen LogP contribution is 2.28. The van der Waals surface area contributed by atoms with E-state index in [0.29, 0.717) is 37.1 Å². The van der Waals surface area contributed by atoms with Crippen LogP contribution in [0.2, 0.25) is 5.02 Å². The fourth-order valence-electron chi connectivity index (χ4n) is 2.33. The van der Waals surface area contributed by atoms with Gasteiger partial charge in [-0.3, -0.25) is 4.79 Å². The normalized spacial score (nSPS) is 14.2. The summed E-state index contributed by atoms with van der Waals surface area (Å²) >= 11 is 8.77. The number of nitrogens with zero attached hydrogens (tertiary/aromatic N) is 4. The molecule has 0 radical (unpaired) electrons. The van der Waals surface area contributed by atoms with Gasteiger partial charge in [0.05, 0.1) is 25.5 Å². The third kappa shape index (κ3) is 6.24. The van der Waals surface area contributed by atoms with E-state index in [2.05, 4.69) is 15.1 Å². The van der Waals surface area contributed by atoms with Gasteiger partial charge < -0.3 is 19.3 Å². The first-order valence-corrected chi connectivity index (χ1v) is 10.7. The Morgan fingerprint density at radius 2 is 2.07 bits per heavy atom. The molecular formula is C17H21ClN4O3S2. The number of aromatic nitrogens is 2. The number of hydrogen-bond donors (Lipinski definition) is 0. The van der Waals surface area contributed by atoms with Crippen molar-refractivity contribution in [2.45, 2.75) is 4.34 Å². The van der Waals surface area contributed by atoms with Gasteiger partial charge in [0.25, 0.3) is 0 Å². The summed E-state index contributed by atoms with van der Waals surface area (Å²) < 4.78 is 11.8. The number of thioether (sulfide) groups is 1. The molecule has 27 heavy (non-hydrogen) atoms. The van der Waals surface area contributed by atoms with Gasteiger partial charge in [0.15, 0.2) is 4.34 Å². The summed E-state index contributed by atoms with van der Waals surface area (Å²) in [7, 11) is 1.77. The molecule has 0 atom stereocenters. The van der Waals surface area contributed by atoms with E-state index in [4.69, 9.17) is 21.1 Å². The topological polar surface area (TPSA) is 67.8 Å². The van der Waals surface area contributed by atoms with E-state index >= 15 is 0 Å². The largest absolute Gasteiger partial charge is 0.492 e. The first-order valence-electron chi connectivity index (χ1n) is 8.53. The molecule has 2 heterocycles. The van der Waals surface area contributed by atoms with Crippen molar-refractivity contribution in [2.75, 3.05) is 57.2 Å². The number of ether oxygens (including phenoxy) is 2. The Kier molecular flexibility index (Phi) is 7.57. The number of likely N-dealkylation sites (N-methyl/N-ethyl adjacent to an activating group) is 1. The molecule has 1 aliphatic heterocycles. The first kappa shape index (κ1) is 20.2. The van der Waals surface area contributed by atoms with Crippen LogP contribution in [0.4, 0.5) is 5.13 Å². The van der Waals surface area contributed by atoms with Crippen LogP contribution in [0.1, 0.15) is 0 Å². The molecule has 0 spiro atoms. The molecule has 0 N–H and O–H groups in total. The van der Waals surface area contributed by atoms with Crippen LogP contribution in [0.15, 0.2) is 28.6 Å². The number of anilines is 1. The van der Waals surface area contributed by atoms with E-state index in [1.165, 1.54) is 23.1 Å². The van der Waals surface area contributed by atoms with Crippen LogP contribution in [-0.4, -0.2) is 73.3 Å². The van der Waals surface area contributed by atoms with E-state index in [1.54, 1.807) is 24.1 Å². The highest BCUT2D eigenvalue weighted by molar-refractivity contribution is 8.01. The molecule has 1 aromatic carbocycles. The van der Waals surface area contributed by atoms with Crippen molar-refractivity contribution in [3.05, 3.63) is 29.3 Å². The second-order valence-electron chi connectivity index (χ2n) is 5.86. The lowest BCUT2D eigenvalue weighted by Gasteiger charge is -2.25. The van der Waals surface area contributed by atoms with E-state index in [0.717, 1.165) is 28.3 Å². The van der Waals surface area contributed by atoms with Gasteiger partial charge in [-0.05, 0) is 24.3 Å². The number of carbonyl (C=O) groups excluding carboxylic acids is 1. The number of halogens is 1. The van der Waals surface area contributed by atoms with Crippen molar-refractivity contribution < 1.29 is 14.3 Å². The molecule has 0 aliphatic carbocycles. The summed E-state index contributed by atoms with van der Waals surface area (Å²) in [5.74, 6) is 1.09. The van der Waals surface area contributed by atoms with Gasteiger partial charge in [0.1, 0.15) is 12.4 Å². The van der Waals surface area contributed by atoms with E-state index in [9.17, 15) is 4.79 Å². The van der Waals surface area contributed by atoms with Crippen molar-refractivity contribution in [1.82, 2.24) is 15.1 Å². The van der Waals surface area contributed by atoms with Crippen LogP contribution in [0.25, 0.3) is 0 Å². The number of benzene rings is 1. The smallest absolute Gasteiger partial charge is 0.232 e. The number of rotatable bonds is 8. The van der Waals surface area contributed by atoms with E-state index < -0.39 is 0 Å². The van der Waals surface area contributed by atoms with Gasteiger partial charge in [-0.1, -0.05) is 34.7 Å². The summed E-state index contributed by atoms with van der Waals surface area (Å²) in [4.78, 5) is 16.1. The Labute approximate surface area is 171 Å². The lowest BCUT2D eigenvalue weighted by molar-refractivity contribution is -0.127. The predicted molar refractivity (Wildman–Crippen MR) is 108 cm³/mol. The molecule has 0 bridgehead atoms. The zero-order valence-corrected chi connectivity index (χ0v) is 17.4. The van der Waals surface area contributed by atoms with Crippen molar-refractivity contribution in [1.29, 1.82) is 0 Å². The van der Waals surface area contributed by atoms with Gasteiger partial charge >= 0.3 is 0 Å². The lowest BCUT2D eigenvalue weighted by Crippen LogP contribution is -2.36. The molecule has 3 rings (SSSR count). The average molecular weight is 429 g/mol. The van der Waals surface area contributed by atoms with Gasteiger partial charge in [0, 0.05) is 25.2 Å². The molecule has 0 unspecified atom stereocenters. The number of carbonyl (C=O) groups is 1. The standard InChI is InChI=1S/C17H21ClN4O3S2/c1-21(6-11-25-14-4-2-13(18)3-5-14)15(23)12-26-17-20-19-16(27-17)22-7-9-24-10-8-22/h2-5H,6-12H2,1H3. The van der Waals surface area contributed by atoms with E-state index in [1.807, 2.05) is 12.1 Å². The molecule has 146 valence electrons. The fraction of sp³-hybridized carbons (Fsp3) is 0.471. The van der Waals surface area contributed by atoms with Crippen molar-refractivity contribution >= 4 is 45.7 Å². The second kappa shape index (κ2) is 10.1. The van der Waals surface area contributed by atoms with Crippen LogP contribution in [0.3, 0.4) is 0 Å². The quantitative estimate of drug-likeness (QED) is 0.598. The Balaban J connectivity index is 1.38. The zero-order chi connectivity index (χ0) is 19.1. The maximum Gasteiger partial charge on any atom is 0.232 e. The zero-order valence-electron chi connectivity index (χ0n) is 15.0. The van der Waals surface area contributed by atoms with Crippen LogP contribution in [0.5, 0.6) is 5.75 Å². The van der Waals surface area contributed by atoms with E-state index in [-0.39, 0.29) is 5.91 Å². The second-order valence-corrected chi connectivity index (χ2v) is 8.47. The Morgan fingerprint density at radius 1 is 1.33 bits per heavy atom. The summed E-state index contributed by atoms with van der Waals surface area (Å²) in [5.41, 5.74) is 0. The molecule has 1 saturated heterocycles. The number of amides is 1. The fourth-order valence-corrected chi connectivity index (χ4v) is 4.29. The minimum Gasteiger partial charge on any atom is -0.492 e. The molecule has 2 aromatic rings. The monoisotopic (exact) mass is 428 g/mol. The summed E-state index contributed by atoms with van der Waals surface area (Å²) in [6.45, 7) is 4.02. The minimum absolute atomic E-state index is 0.0304. The summed E-state index contributed by atoms with van der Waals surface area (Å²) in [5, 5.41) is 9.94. The molecule has 1 amide bonds. The van der Waals surface area contributed by atoms with Gasteiger partial charge in [-0.15, -0.1) is 10.2 Å². The number of morpholine rings is 1. The van der Waals surface area contributed by atoms with Crippen molar-refractivity contribution in [2.24, 2.45) is 0 Å².